The van der Waals surface area contributed by atoms with Gasteiger partial charge in [-0.05, 0) is 12.1 Å². The fourth-order valence-electron chi connectivity index (χ4n) is 0.745. The highest BCUT2D eigenvalue weighted by Gasteiger charge is 2.10. The maximum absolute atomic E-state index is 11.0. The van der Waals surface area contributed by atoms with E-state index in [4.69, 9.17) is 0 Å². The zero-order valence-corrected chi connectivity index (χ0v) is 9.75. The Bertz CT molecular complexity index is 348. The predicted molar refractivity (Wildman–Crippen MR) is 58.8 cm³/mol. The average molecular weight is 216 g/mol. The molecule has 0 aliphatic carbocycles. The minimum atomic E-state index is -3.15. The van der Waals surface area contributed by atoms with Crippen molar-refractivity contribution in [3.63, 3.8) is 0 Å². The van der Waals surface area contributed by atoms with Crippen molar-refractivity contribution < 1.29 is 8.42 Å². The molecule has 0 aliphatic rings. The van der Waals surface area contributed by atoms with Crippen LogP contribution in [-0.2, 0) is 10.0 Å². The molecular formula is C9H16N2O2S. The molecule has 0 bridgehead atoms. The van der Waals surface area contributed by atoms with Gasteiger partial charge in [-0.25, -0.2) is 8.42 Å². The van der Waals surface area contributed by atoms with Crippen LogP contribution in [0.5, 0.6) is 0 Å². The number of pyridine rings is 1. The van der Waals surface area contributed by atoms with Crippen LogP contribution in [-0.4, -0.2) is 26.7 Å². The maximum Gasteiger partial charge on any atom is 0.231 e. The van der Waals surface area contributed by atoms with E-state index in [0.29, 0.717) is 5.69 Å². The first kappa shape index (κ1) is 12.9. The number of anilines is 1. The van der Waals surface area contributed by atoms with Crippen LogP contribution in [0.2, 0.25) is 0 Å². The summed E-state index contributed by atoms with van der Waals surface area (Å²) in [5, 5.41) is 0. The third-order valence-electron chi connectivity index (χ3n) is 1.52. The van der Waals surface area contributed by atoms with Crippen molar-refractivity contribution in [3.8, 4) is 0 Å². The van der Waals surface area contributed by atoms with Gasteiger partial charge in [-0.15, -0.1) is 0 Å². The molecule has 0 unspecified atom stereocenters. The normalized spacial score (nSPS) is 10.0. The van der Waals surface area contributed by atoms with Crippen molar-refractivity contribution >= 4 is 15.7 Å². The van der Waals surface area contributed by atoms with Crippen LogP contribution in [0.3, 0.4) is 0 Å². The smallest absolute Gasteiger partial charge is 0.231 e. The molecule has 0 saturated carbocycles. The second-order valence-electron chi connectivity index (χ2n) is 2.44. The van der Waals surface area contributed by atoms with Gasteiger partial charge in [-0.2, -0.15) is 0 Å². The predicted octanol–water partition coefficient (Wildman–Crippen LogP) is 1.50. The third kappa shape index (κ3) is 3.74. The first-order valence-electron chi connectivity index (χ1n) is 4.36. The minimum absolute atomic E-state index is 0.618. The minimum Gasteiger partial charge on any atom is -0.273 e. The molecule has 0 amide bonds. The van der Waals surface area contributed by atoms with Gasteiger partial charge in [0.15, 0.2) is 0 Å². The van der Waals surface area contributed by atoms with Crippen molar-refractivity contribution in [2.75, 3.05) is 17.6 Å². The van der Waals surface area contributed by atoms with Crippen LogP contribution in [0.15, 0.2) is 24.5 Å². The summed E-state index contributed by atoms with van der Waals surface area (Å²) < 4.78 is 23.3. The van der Waals surface area contributed by atoms with Crippen LogP contribution in [0.4, 0.5) is 5.69 Å². The summed E-state index contributed by atoms with van der Waals surface area (Å²) in [6.07, 6.45) is 4.27. The quantitative estimate of drug-likeness (QED) is 0.752. The van der Waals surface area contributed by atoms with E-state index in [0.717, 1.165) is 6.26 Å². The van der Waals surface area contributed by atoms with Gasteiger partial charge < -0.3 is 0 Å². The summed E-state index contributed by atoms with van der Waals surface area (Å²) in [6, 6.07) is 3.28. The SMILES string of the molecule is CC.CN(c1ccncc1)S(C)(=O)=O. The zero-order valence-electron chi connectivity index (χ0n) is 8.93. The Hall–Kier alpha value is -1.10. The first-order valence-corrected chi connectivity index (χ1v) is 6.20. The summed E-state index contributed by atoms with van der Waals surface area (Å²) in [5.41, 5.74) is 0.618. The van der Waals surface area contributed by atoms with Gasteiger partial charge >= 0.3 is 0 Å². The molecule has 1 aromatic rings. The summed E-state index contributed by atoms with van der Waals surface area (Å²) in [7, 11) is -1.65. The van der Waals surface area contributed by atoms with E-state index < -0.39 is 10.0 Å². The maximum atomic E-state index is 11.0. The second kappa shape index (κ2) is 5.59. The van der Waals surface area contributed by atoms with Gasteiger partial charge in [0.1, 0.15) is 0 Å². The van der Waals surface area contributed by atoms with Crippen LogP contribution < -0.4 is 4.31 Å². The average Bonchev–Trinajstić information content (AvgIpc) is 2.20. The molecule has 0 atom stereocenters. The van der Waals surface area contributed by atoms with Crippen LogP contribution in [0.25, 0.3) is 0 Å². The topological polar surface area (TPSA) is 50.3 Å². The molecule has 0 N–H and O–H groups in total. The largest absolute Gasteiger partial charge is 0.273 e. The van der Waals surface area contributed by atoms with Gasteiger partial charge in [0, 0.05) is 19.4 Å². The Morgan fingerprint density at radius 3 is 2.00 bits per heavy atom. The number of aromatic nitrogens is 1. The summed E-state index contributed by atoms with van der Waals surface area (Å²) in [4.78, 5) is 3.79. The van der Waals surface area contributed by atoms with Crippen LogP contribution in [0, 0.1) is 0 Å². The van der Waals surface area contributed by atoms with Crippen LogP contribution in [0.1, 0.15) is 13.8 Å². The third-order valence-corrected chi connectivity index (χ3v) is 2.73. The standard InChI is InChI=1S/C7H10N2O2S.C2H6/c1-9(12(2,10)11)7-3-5-8-6-4-7;1-2/h3-6H,1-2H3;1-2H3. The number of nitrogens with zero attached hydrogens (tertiary/aromatic N) is 2. The summed E-state index contributed by atoms with van der Waals surface area (Å²) in [5.74, 6) is 0. The van der Waals surface area contributed by atoms with Crippen molar-refractivity contribution in [2.24, 2.45) is 0 Å². The number of hydrogen-bond donors (Lipinski definition) is 0. The van der Waals surface area contributed by atoms with E-state index in [1.165, 1.54) is 11.4 Å². The monoisotopic (exact) mass is 216 g/mol. The molecule has 14 heavy (non-hydrogen) atoms. The Morgan fingerprint density at radius 1 is 1.21 bits per heavy atom. The fraction of sp³-hybridized carbons (Fsp3) is 0.444. The van der Waals surface area contributed by atoms with Crippen molar-refractivity contribution in [2.45, 2.75) is 13.8 Å². The molecule has 1 aromatic heterocycles. The highest BCUT2D eigenvalue weighted by atomic mass is 32.2. The van der Waals surface area contributed by atoms with Crippen LogP contribution >= 0.6 is 0 Å². The molecule has 80 valence electrons. The molecular weight excluding hydrogens is 200 g/mol. The lowest BCUT2D eigenvalue weighted by atomic mass is 10.4. The Kier molecular flexibility index (Phi) is 5.15. The number of sulfonamides is 1. The van der Waals surface area contributed by atoms with Gasteiger partial charge in [-0.1, -0.05) is 13.8 Å². The molecule has 1 heterocycles. The number of rotatable bonds is 2. The summed E-state index contributed by atoms with van der Waals surface area (Å²) in [6.45, 7) is 4.00. The van der Waals surface area contributed by atoms with Gasteiger partial charge in [-0.3, -0.25) is 9.29 Å². The molecule has 0 saturated heterocycles. The lowest BCUT2D eigenvalue weighted by Crippen LogP contribution is -2.24. The Balaban J connectivity index is 0.000000791. The highest BCUT2D eigenvalue weighted by Crippen LogP contribution is 2.12. The molecule has 0 aromatic carbocycles. The van der Waals surface area contributed by atoms with Crippen molar-refractivity contribution in [1.82, 2.24) is 4.98 Å². The second-order valence-corrected chi connectivity index (χ2v) is 4.45. The lowest BCUT2D eigenvalue weighted by molar-refractivity contribution is 0.600. The Morgan fingerprint density at radius 2 is 1.64 bits per heavy atom. The molecule has 4 nitrogen and oxygen atoms in total. The van der Waals surface area contributed by atoms with Gasteiger partial charge in [0.25, 0.3) is 0 Å². The zero-order chi connectivity index (χ0) is 11.2. The van der Waals surface area contributed by atoms with Gasteiger partial charge in [0.05, 0.1) is 11.9 Å². The van der Waals surface area contributed by atoms with E-state index in [1.807, 2.05) is 13.8 Å². The highest BCUT2D eigenvalue weighted by molar-refractivity contribution is 7.92. The molecule has 1 rings (SSSR count). The number of hydrogen-bond acceptors (Lipinski definition) is 3. The molecule has 0 aliphatic heterocycles. The summed E-state index contributed by atoms with van der Waals surface area (Å²) >= 11 is 0. The molecule has 0 fully saturated rings. The molecule has 0 radical (unpaired) electrons. The Labute approximate surface area is 85.6 Å². The first-order chi connectivity index (χ1) is 6.52. The van der Waals surface area contributed by atoms with E-state index in [9.17, 15) is 8.42 Å². The van der Waals surface area contributed by atoms with Crippen molar-refractivity contribution in [3.05, 3.63) is 24.5 Å². The lowest BCUT2D eigenvalue weighted by Gasteiger charge is -2.15. The molecule has 5 heteroatoms. The molecule has 0 spiro atoms. The van der Waals surface area contributed by atoms with E-state index >= 15 is 0 Å². The van der Waals surface area contributed by atoms with Gasteiger partial charge in [0.2, 0.25) is 10.0 Å². The van der Waals surface area contributed by atoms with E-state index in [-0.39, 0.29) is 0 Å². The van der Waals surface area contributed by atoms with E-state index in [2.05, 4.69) is 4.98 Å². The van der Waals surface area contributed by atoms with E-state index in [1.54, 1.807) is 24.5 Å². The van der Waals surface area contributed by atoms with Crippen molar-refractivity contribution in [1.29, 1.82) is 0 Å². The fourth-order valence-corrected chi connectivity index (χ4v) is 1.25.